The zero-order valence-corrected chi connectivity index (χ0v) is 12.0. The van der Waals surface area contributed by atoms with E-state index in [4.69, 9.17) is 4.74 Å². The van der Waals surface area contributed by atoms with Gasteiger partial charge in [-0.1, -0.05) is 18.2 Å². The molecule has 0 fully saturated rings. The second-order valence-corrected chi connectivity index (χ2v) is 5.28. The van der Waals surface area contributed by atoms with Crippen LogP contribution < -0.4 is 9.64 Å². The highest BCUT2D eigenvalue weighted by molar-refractivity contribution is 5.99. The highest BCUT2D eigenvalue weighted by Gasteiger charge is 2.31. The van der Waals surface area contributed by atoms with Crippen molar-refractivity contribution in [1.29, 1.82) is 0 Å². The van der Waals surface area contributed by atoms with Crippen LogP contribution in [-0.4, -0.2) is 12.0 Å². The van der Waals surface area contributed by atoms with Crippen LogP contribution in [0.15, 0.2) is 42.5 Å². The number of carbonyl (C=O) groups is 1. The Morgan fingerprint density at radius 2 is 1.90 bits per heavy atom. The summed E-state index contributed by atoms with van der Waals surface area (Å²) in [6.07, 6.45) is -0.513. The third-order valence-corrected chi connectivity index (χ3v) is 3.58. The molecule has 0 N–H and O–H groups in total. The van der Waals surface area contributed by atoms with Gasteiger partial charge in [0.05, 0.1) is 12.2 Å². The predicted octanol–water partition coefficient (Wildman–Crippen LogP) is 3.45. The van der Waals surface area contributed by atoms with Crippen molar-refractivity contribution in [3.05, 3.63) is 59.4 Å². The minimum atomic E-state index is -0.513. The Morgan fingerprint density at radius 3 is 2.62 bits per heavy atom. The van der Waals surface area contributed by atoms with Gasteiger partial charge in [0.1, 0.15) is 11.6 Å². The van der Waals surface area contributed by atoms with Crippen LogP contribution in [0.5, 0.6) is 5.75 Å². The highest BCUT2D eigenvalue weighted by atomic mass is 19.1. The van der Waals surface area contributed by atoms with Crippen molar-refractivity contribution in [3.63, 3.8) is 0 Å². The van der Waals surface area contributed by atoms with Crippen molar-refractivity contribution in [1.82, 2.24) is 0 Å². The third kappa shape index (κ3) is 2.61. The van der Waals surface area contributed by atoms with Crippen molar-refractivity contribution in [2.45, 2.75) is 26.5 Å². The van der Waals surface area contributed by atoms with Gasteiger partial charge >= 0.3 is 0 Å². The van der Waals surface area contributed by atoms with E-state index in [0.29, 0.717) is 12.3 Å². The summed E-state index contributed by atoms with van der Waals surface area (Å²) in [6, 6.07) is 12.0. The zero-order valence-electron chi connectivity index (χ0n) is 12.0. The van der Waals surface area contributed by atoms with Crippen molar-refractivity contribution < 1.29 is 13.9 Å². The molecule has 2 aromatic rings. The van der Waals surface area contributed by atoms with Crippen LogP contribution in [0.4, 0.5) is 10.1 Å². The molecule has 21 heavy (non-hydrogen) atoms. The lowest BCUT2D eigenvalue weighted by Crippen LogP contribution is -2.44. The Morgan fingerprint density at radius 1 is 1.19 bits per heavy atom. The largest absolute Gasteiger partial charge is 0.479 e. The van der Waals surface area contributed by atoms with Crippen molar-refractivity contribution in [3.8, 4) is 5.75 Å². The average molecular weight is 285 g/mol. The minimum Gasteiger partial charge on any atom is -0.479 e. The zero-order chi connectivity index (χ0) is 15.0. The number of anilines is 1. The lowest BCUT2D eigenvalue weighted by molar-refractivity contribution is -0.125. The second-order valence-electron chi connectivity index (χ2n) is 5.28. The van der Waals surface area contributed by atoms with E-state index in [-0.39, 0.29) is 11.7 Å². The quantitative estimate of drug-likeness (QED) is 0.846. The lowest BCUT2D eigenvalue weighted by atomic mass is 10.1. The normalized spacial score (nSPS) is 17.4. The van der Waals surface area contributed by atoms with E-state index in [1.54, 1.807) is 24.0 Å². The molecule has 0 radical (unpaired) electrons. The number of benzene rings is 2. The molecule has 1 aliphatic rings. The standard InChI is InChI=1S/C17H16FNO2/c1-11-3-8-16-15(9-11)19(17(20)12(2)21-16)10-13-4-6-14(18)7-5-13/h3-9,12H,10H2,1-2H3/t12-/m0/s1. The summed E-state index contributed by atoms with van der Waals surface area (Å²) in [4.78, 5) is 14.1. The van der Waals surface area contributed by atoms with Gasteiger partial charge in [0.25, 0.3) is 5.91 Å². The van der Waals surface area contributed by atoms with Gasteiger partial charge in [0, 0.05) is 0 Å². The van der Waals surface area contributed by atoms with Gasteiger partial charge in [0.15, 0.2) is 6.10 Å². The van der Waals surface area contributed by atoms with Gasteiger partial charge in [-0.25, -0.2) is 4.39 Å². The van der Waals surface area contributed by atoms with Crippen LogP contribution in [-0.2, 0) is 11.3 Å². The molecule has 0 aromatic heterocycles. The summed E-state index contributed by atoms with van der Waals surface area (Å²) in [5.74, 6) is 0.337. The number of amides is 1. The lowest BCUT2D eigenvalue weighted by Gasteiger charge is -2.33. The van der Waals surface area contributed by atoms with Gasteiger partial charge in [0.2, 0.25) is 0 Å². The van der Waals surface area contributed by atoms with Crippen LogP contribution in [0, 0.1) is 12.7 Å². The summed E-state index contributed by atoms with van der Waals surface area (Å²) in [5.41, 5.74) is 2.71. The SMILES string of the molecule is Cc1ccc2c(c1)N(Cc1ccc(F)cc1)C(=O)[C@H](C)O2. The number of fused-ring (bicyclic) bond motifs is 1. The van der Waals surface area contributed by atoms with E-state index >= 15 is 0 Å². The number of hydrogen-bond donors (Lipinski definition) is 0. The maximum absolute atomic E-state index is 13.0. The Balaban J connectivity index is 1.98. The first-order chi connectivity index (χ1) is 10.0. The molecule has 0 saturated heterocycles. The average Bonchev–Trinajstić information content (AvgIpc) is 2.47. The highest BCUT2D eigenvalue weighted by Crippen LogP contribution is 2.35. The molecule has 108 valence electrons. The van der Waals surface area contributed by atoms with Crippen LogP contribution in [0.3, 0.4) is 0 Å². The second kappa shape index (κ2) is 5.20. The number of hydrogen-bond acceptors (Lipinski definition) is 2. The molecule has 1 atom stereocenters. The maximum atomic E-state index is 13.0. The van der Waals surface area contributed by atoms with Gasteiger partial charge < -0.3 is 9.64 Å². The first kappa shape index (κ1) is 13.6. The van der Waals surface area contributed by atoms with E-state index in [1.807, 2.05) is 25.1 Å². The van der Waals surface area contributed by atoms with Gasteiger partial charge in [-0.2, -0.15) is 0 Å². The smallest absolute Gasteiger partial charge is 0.268 e. The summed E-state index contributed by atoms with van der Waals surface area (Å²) in [6.45, 7) is 4.12. The molecular weight excluding hydrogens is 269 g/mol. The van der Waals surface area contributed by atoms with E-state index < -0.39 is 6.10 Å². The van der Waals surface area contributed by atoms with E-state index in [1.165, 1.54) is 12.1 Å². The number of rotatable bonds is 2. The first-order valence-corrected chi connectivity index (χ1v) is 6.88. The molecule has 0 unspecified atom stereocenters. The monoisotopic (exact) mass is 285 g/mol. The van der Waals surface area contributed by atoms with Gasteiger partial charge in [-0.15, -0.1) is 0 Å². The van der Waals surface area contributed by atoms with Crippen molar-refractivity contribution in [2.75, 3.05) is 4.90 Å². The molecule has 1 heterocycles. The van der Waals surface area contributed by atoms with E-state index in [0.717, 1.165) is 16.8 Å². The van der Waals surface area contributed by atoms with Gasteiger partial charge in [-0.05, 0) is 49.2 Å². The van der Waals surface area contributed by atoms with Crippen LogP contribution in [0.2, 0.25) is 0 Å². The van der Waals surface area contributed by atoms with Crippen LogP contribution in [0.1, 0.15) is 18.1 Å². The molecule has 4 heteroatoms. The summed E-state index contributed by atoms with van der Waals surface area (Å²) >= 11 is 0. The Labute approximate surface area is 123 Å². The first-order valence-electron chi connectivity index (χ1n) is 6.88. The number of ether oxygens (including phenoxy) is 1. The van der Waals surface area contributed by atoms with Crippen LogP contribution >= 0.6 is 0 Å². The van der Waals surface area contributed by atoms with Crippen LogP contribution in [0.25, 0.3) is 0 Å². The fourth-order valence-corrected chi connectivity index (χ4v) is 2.45. The number of carbonyl (C=O) groups excluding carboxylic acids is 1. The molecule has 2 aromatic carbocycles. The van der Waals surface area contributed by atoms with Crippen molar-refractivity contribution >= 4 is 11.6 Å². The molecular formula is C17H16FNO2. The van der Waals surface area contributed by atoms with E-state index in [9.17, 15) is 9.18 Å². The summed E-state index contributed by atoms with van der Waals surface area (Å²) in [5, 5.41) is 0. The van der Waals surface area contributed by atoms with Gasteiger partial charge in [-0.3, -0.25) is 4.79 Å². The molecule has 0 bridgehead atoms. The predicted molar refractivity (Wildman–Crippen MR) is 78.9 cm³/mol. The Kier molecular flexibility index (Phi) is 3.37. The molecule has 1 amide bonds. The molecule has 3 rings (SSSR count). The summed E-state index contributed by atoms with van der Waals surface area (Å²) in [7, 11) is 0. The number of halogens is 1. The molecule has 0 saturated carbocycles. The fourth-order valence-electron chi connectivity index (χ4n) is 2.45. The molecule has 3 nitrogen and oxygen atoms in total. The Bertz CT molecular complexity index is 682. The third-order valence-electron chi connectivity index (χ3n) is 3.58. The number of nitrogens with zero attached hydrogens (tertiary/aromatic N) is 1. The fraction of sp³-hybridized carbons (Fsp3) is 0.235. The minimum absolute atomic E-state index is 0.0857. The number of aryl methyl sites for hydroxylation is 1. The van der Waals surface area contributed by atoms with E-state index in [2.05, 4.69) is 0 Å². The van der Waals surface area contributed by atoms with Crippen molar-refractivity contribution in [2.24, 2.45) is 0 Å². The maximum Gasteiger partial charge on any atom is 0.268 e. The topological polar surface area (TPSA) is 29.5 Å². The molecule has 0 spiro atoms. The Hall–Kier alpha value is -2.36. The molecule has 1 aliphatic heterocycles. The molecule has 0 aliphatic carbocycles. The summed E-state index contributed by atoms with van der Waals surface area (Å²) < 4.78 is 18.6.